The van der Waals surface area contributed by atoms with Gasteiger partial charge in [0.15, 0.2) is 5.96 Å². The summed E-state index contributed by atoms with van der Waals surface area (Å²) in [7, 11) is 3.50. The highest BCUT2D eigenvalue weighted by Gasteiger charge is 2.06. The highest BCUT2D eigenvalue weighted by Crippen LogP contribution is 2.10. The number of hydrogen-bond donors (Lipinski definition) is 2. The zero-order valence-corrected chi connectivity index (χ0v) is 15.4. The third-order valence-corrected chi connectivity index (χ3v) is 4.02. The average Bonchev–Trinajstić information content (AvgIpc) is 2.56. The van der Waals surface area contributed by atoms with E-state index in [1.54, 1.807) is 30.8 Å². The summed E-state index contributed by atoms with van der Waals surface area (Å²) in [6.07, 6.45) is 3.06. The number of carbonyl (C=O) groups excluding carboxylic acids is 1. The van der Waals surface area contributed by atoms with Gasteiger partial charge in [-0.3, -0.25) is 4.79 Å². The van der Waals surface area contributed by atoms with Gasteiger partial charge < -0.3 is 15.5 Å². The lowest BCUT2D eigenvalue weighted by atomic mass is 10.1. The van der Waals surface area contributed by atoms with E-state index in [1.165, 1.54) is 11.1 Å². The van der Waals surface area contributed by atoms with Crippen molar-refractivity contribution in [3.8, 4) is 0 Å². The van der Waals surface area contributed by atoms with Crippen molar-refractivity contribution >= 4 is 23.6 Å². The molecule has 0 spiro atoms. The number of hydrogen-bond acceptors (Lipinski definition) is 3. The second-order valence-electron chi connectivity index (χ2n) is 5.35. The van der Waals surface area contributed by atoms with Crippen LogP contribution in [0.15, 0.2) is 29.3 Å². The van der Waals surface area contributed by atoms with E-state index in [2.05, 4.69) is 47.0 Å². The monoisotopic (exact) mass is 336 g/mol. The quantitative estimate of drug-likeness (QED) is 0.431. The van der Waals surface area contributed by atoms with Crippen LogP contribution in [0.3, 0.4) is 0 Å². The van der Waals surface area contributed by atoms with Crippen LogP contribution in [0.2, 0.25) is 0 Å². The molecule has 0 atom stereocenters. The summed E-state index contributed by atoms with van der Waals surface area (Å²) in [5, 5.41) is 6.38. The number of benzene rings is 1. The predicted octanol–water partition coefficient (Wildman–Crippen LogP) is 1.74. The number of nitrogens with one attached hydrogen (secondary N) is 2. The Morgan fingerprint density at radius 2 is 1.91 bits per heavy atom. The molecule has 0 heterocycles. The summed E-state index contributed by atoms with van der Waals surface area (Å²) in [5.41, 5.74) is 2.53. The summed E-state index contributed by atoms with van der Waals surface area (Å²) < 4.78 is 0. The molecular weight excluding hydrogens is 308 g/mol. The normalized spacial score (nSPS) is 11.2. The molecule has 0 aromatic heterocycles. The van der Waals surface area contributed by atoms with Crippen molar-refractivity contribution in [1.29, 1.82) is 0 Å². The molecule has 0 saturated heterocycles. The van der Waals surface area contributed by atoms with Gasteiger partial charge in [0.05, 0.1) is 13.1 Å². The van der Waals surface area contributed by atoms with Gasteiger partial charge >= 0.3 is 0 Å². The number of aliphatic imine (C=N–C) groups is 1. The van der Waals surface area contributed by atoms with Gasteiger partial charge in [0.2, 0.25) is 5.91 Å². The van der Waals surface area contributed by atoms with Crippen molar-refractivity contribution in [2.24, 2.45) is 4.99 Å². The SMILES string of the molecule is CCc1ccccc1CN=C(NCCSC)NCC(=O)N(C)C. The molecule has 0 aliphatic heterocycles. The molecule has 0 saturated carbocycles. The predicted molar refractivity (Wildman–Crippen MR) is 100 cm³/mol. The first-order chi connectivity index (χ1) is 11.1. The Labute approximate surface area is 143 Å². The van der Waals surface area contributed by atoms with E-state index in [0.717, 1.165) is 18.7 Å². The molecule has 6 heteroatoms. The van der Waals surface area contributed by atoms with E-state index in [0.29, 0.717) is 12.5 Å². The molecule has 0 aliphatic carbocycles. The zero-order chi connectivity index (χ0) is 17.1. The fourth-order valence-corrected chi connectivity index (χ4v) is 2.29. The van der Waals surface area contributed by atoms with Crippen molar-refractivity contribution in [2.75, 3.05) is 39.2 Å². The fourth-order valence-electron chi connectivity index (χ4n) is 1.98. The summed E-state index contributed by atoms with van der Waals surface area (Å²) in [5.74, 6) is 1.70. The summed E-state index contributed by atoms with van der Waals surface area (Å²) in [4.78, 5) is 17.9. The molecule has 0 radical (unpaired) electrons. The number of guanidine groups is 1. The van der Waals surface area contributed by atoms with Gasteiger partial charge in [-0.2, -0.15) is 11.8 Å². The highest BCUT2D eigenvalue weighted by molar-refractivity contribution is 7.98. The molecule has 0 unspecified atom stereocenters. The molecule has 1 rings (SSSR count). The Kier molecular flexibility index (Phi) is 9.21. The minimum absolute atomic E-state index is 0.0262. The molecule has 2 N–H and O–H groups in total. The number of nitrogens with zero attached hydrogens (tertiary/aromatic N) is 2. The Morgan fingerprint density at radius 3 is 2.52 bits per heavy atom. The number of amides is 1. The van der Waals surface area contributed by atoms with Crippen LogP contribution in [0.1, 0.15) is 18.1 Å². The standard InChI is InChI=1S/C17H28N4OS/c1-5-14-8-6-7-9-15(14)12-19-17(18-10-11-23-4)20-13-16(22)21(2)3/h6-9H,5,10-13H2,1-4H3,(H2,18,19,20). The topological polar surface area (TPSA) is 56.7 Å². The van der Waals surface area contributed by atoms with E-state index >= 15 is 0 Å². The van der Waals surface area contributed by atoms with E-state index in [4.69, 9.17) is 0 Å². The summed E-state index contributed by atoms with van der Waals surface area (Å²) in [6.45, 7) is 3.81. The lowest BCUT2D eigenvalue weighted by Gasteiger charge is -2.15. The van der Waals surface area contributed by atoms with Gasteiger partial charge in [-0.15, -0.1) is 0 Å². The van der Waals surface area contributed by atoms with Crippen LogP contribution in [0, 0.1) is 0 Å². The third-order valence-electron chi connectivity index (χ3n) is 3.41. The molecule has 0 bridgehead atoms. The van der Waals surface area contributed by atoms with Gasteiger partial charge in [0.1, 0.15) is 0 Å². The van der Waals surface area contributed by atoms with E-state index in [9.17, 15) is 4.79 Å². The van der Waals surface area contributed by atoms with Crippen LogP contribution in [0.5, 0.6) is 0 Å². The van der Waals surface area contributed by atoms with Crippen molar-refractivity contribution in [2.45, 2.75) is 19.9 Å². The number of aryl methyl sites for hydroxylation is 1. The number of likely N-dealkylation sites (N-methyl/N-ethyl adjacent to an activating group) is 1. The van der Waals surface area contributed by atoms with Crippen molar-refractivity contribution < 1.29 is 4.79 Å². The van der Waals surface area contributed by atoms with Crippen LogP contribution >= 0.6 is 11.8 Å². The minimum Gasteiger partial charge on any atom is -0.356 e. The van der Waals surface area contributed by atoms with E-state index in [-0.39, 0.29) is 12.5 Å². The molecule has 1 amide bonds. The number of rotatable bonds is 8. The number of thioether (sulfide) groups is 1. The molecule has 5 nitrogen and oxygen atoms in total. The maximum atomic E-state index is 11.7. The molecule has 1 aromatic rings. The van der Waals surface area contributed by atoms with Gasteiger partial charge in [0.25, 0.3) is 0 Å². The average molecular weight is 337 g/mol. The lowest BCUT2D eigenvalue weighted by molar-refractivity contribution is -0.127. The first-order valence-electron chi connectivity index (χ1n) is 7.86. The summed E-state index contributed by atoms with van der Waals surface area (Å²) >= 11 is 1.77. The van der Waals surface area contributed by atoms with Crippen molar-refractivity contribution in [3.05, 3.63) is 35.4 Å². The second kappa shape index (κ2) is 10.9. The third kappa shape index (κ3) is 7.41. The van der Waals surface area contributed by atoms with Crippen LogP contribution in [-0.2, 0) is 17.8 Å². The lowest BCUT2D eigenvalue weighted by Crippen LogP contribution is -2.43. The Bertz CT molecular complexity index is 517. The first-order valence-corrected chi connectivity index (χ1v) is 9.25. The molecule has 128 valence electrons. The Morgan fingerprint density at radius 1 is 1.22 bits per heavy atom. The van der Waals surface area contributed by atoms with E-state index < -0.39 is 0 Å². The van der Waals surface area contributed by atoms with E-state index in [1.807, 2.05) is 6.07 Å². The highest BCUT2D eigenvalue weighted by atomic mass is 32.2. The number of carbonyl (C=O) groups is 1. The first kappa shape index (κ1) is 19.4. The fraction of sp³-hybridized carbons (Fsp3) is 0.529. The molecular formula is C17H28N4OS. The molecule has 0 aliphatic rings. The summed E-state index contributed by atoms with van der Waals surface area (Å²) in [6, 6.07) is 8.33. The van der Waals surface area contributed by atoms with Crippen LogP contribution in [0.4, 0.5) is 0 Å². The second-order valence-corrected chi connectivity index (χ2v) is 6.33. The van der Waals surface area contributed by atoms with Gasteiger partial charge in [-0.25, -0.2) is 4.99 Å². The molecule has 0 fully saturated rings. The molecule has 1 aromatic carbocycles. The van der Waals surface area contributed by atoms with Crippen molar-refractivity contribution in [3.63, 3.8) is 0 Å². The smallest absolute Gasteiger partial charge is 0.241 e. The van der Waals surface area contributed by atoms with Crippen LogP contribution in [-0.4, -0.2) is 56.0 Å². The largest absolute Gasteiger partial charge is 0.356 e. The Hall–Kier alpha value is -1.69. The van der Waals surface area contributed by atoms with Gasteiger partial charge in [0, 0.05) is 26.4 Å². The van der Waals surface area contributed by atoms with Gasteiger partial charge in [-0.05, 0) is 23.8 Å². The van der Waals surface area contributed by atoms with Crippen molar-refractivity contribution in [1.82, 2.24) is 15.5 Å². The zero-order valence-electron chi connectivity index (χ0n) is 14.6. The van der Waals surface area contributed by atoms with Gasteiger partial charge in [-0.1, -0.05) is 31.2 Å². The maximum absolute atomic E-state index is 11.7. The van der Waals surface area contributed by atoms with Crippen LogP contribution < -0.4 is 10.6 Å². The Balaban J connectivity index is 2.70. The maximum Gasteiger partial charge on any atom is 0.241 e. The minimum atomic E-state index is 0.0262. The molecule has 23 heavy (non-hydrogen) atoms. The van der Waals surface area contributed by atoms with Crippen LogP contribution in [0.25, 0.3) is 0 Å².